The summed E-state index contributed by atoms with van der Waals surface area (Å²) in [5.74, 6) is 2.91. The van der Waals surface area contributed by atoms with Gasteiger partial charge in [0.2, 0.25) is 0 Å². The molecule has 0 amide bonds. The lowest BCUT2D eigenvalue weighted by molar-refractivity contribution is 0.0696. The minimum absolute atomic E-state index is 0.0272. The van der Waals surface area contributed by atoms with Crippen LogP contribution in [0.1, 0.15) is 15.9 Å². The van der Waals surface area contributed by atoms with Gasteiger partial charge in [-0.05, 0) is 12.1 Å². The second kappa shape index (κ2) is 4.58. The van der Waals surface area contributed by atoms with Crippen molar-refractivity contribution in [1.29, 1.82) is 0 Å². The van der Waals surface area contributed by atoms with Gasteiger partial charge in [-0.1, -0.05) is 11.8 Å². The molecule has 1 aromatic carbocycles. The summed E-state index contributed by atoms with van der Waals surface area (Å²) in [5, 5.41) is 27.4. The third-order valence-electron chi connectivity index (χ3n) is 1.62. The van der Waals surface area contributed by atoms with Gasteiger partial charge in [0.1, 0.15) is 17.1 Å². The van der Waals surface area contributed by atoms with E-state index in [0.29, 0.717) is 0 Å². The molecule has 0 atom stereocenters. The molecule has 0 fully saturated rings. The van der Waals surface area contributed by atoms with Crippen molar-refractivity contribution >= 4 is 17.6 Å². The first-order chi connectivity index (χ1) is 7.06. The van der Waals surface area contributed by atoms with Gasteiger partial charge in [-0.15, -0.1) is 11.6 Å². The highest BCUT2D eigenvalue weighted by atomic mass is 35.5. The van der Waals surface area contributed by atoms with Crippen molar-refractivity contribution in [2.24, 2.45) is 0 Å². The quantitative estimate of drug-likeness (QED) is 0.500. The maximum Gasteiger partial charge on any atom is 0.335 e. The molecule has 0 saturated heterocycles. The molecule has 0 unspecified atom stereocenters. The largest absolute Gasteiger partial charge is 0.506 e. The minimum Gasteiger partial charge on any atom is -0.506 e. The van der Waals surface area contributed by atoms with E-state index in [1.165, 1.54) is 0 Å². The highest BCUT2D eigenvalue weighted by molar-refractivity contribution is 6.19. The van der Waals surface area contributed by atoms with E-state index in [1.807, 2.05) is 0 Å². The minimum atomic E-state index is -1.24. The zero-order chi connectivity index (χ0) is 11.4. The Morgan fingerprint density at radius 1 is 1.33 bits per heavy atom. The van der Waals surface area contributed by atoms with Gasteiger partial charge in [0, 0.05) is 0 Å². The summed E-state index contributed by atoms with van der Waals surface area (Å²) in [6.07, 6.45) is 0. The van der Waals surface area contributed by atoms with Gasteiger partial charge in [0.05, 0.1) is 11.4 Å². The second-order valence-electron chi connectivity index (χ2n) is 2.63. The predicted molar refractivity (Wildman–Crippen MR) is 54.3 cm³/mol. The number of phenols is 2. The standard InChI is InChI=1S/C10H7ClO4/c11-3-1-2-7-8(12)4-6(10(14)15)5-9(7)13/h4-5,12-13H,3H2,(H,14,15). The molecule has 0 radical (unpaired) electrons. The zero-order valence-electron chi connectivity index (χ0n) is 7.49. The van der Waals surface area contributed by atoms with Gasteiger partial charge >= 0.3 is 5.97 Å². The Balaban J connectivity index is 3.27. The summed E-state index contributed by atoms with van der Waals surface area (Å²) < 4.78 is 0. The number of halogens is 1. The first-order valence-corrected chi connectivity index (χ1v) is 4.43. The van der Waals surface area contributed by atoms with Crippen molar-refractivity contribution in [3.8, 4) is 23.3 Å². The third-order valence-corrected chi connectivity index (χ3v) is 1.76. The molecule has 3 N–H and O–H groups in total. The number of aromatic hydroxyl groups is 2. The molecular formula is C10H7ClO4. The first kappa shape index (κ1) is 11.2. The van der Waals surface area contributed by atoms with Crippen LogP contribution < -0.4 is 0 Å². The van der Waals surface area contributed by atoms with Crippen LogP contribution in [0.5, 0.6) is 11.5 Å². The number of carboxylic acid groups (broad SMARTS) is 1. The number of hydrogen-bond acceptors (Lipinski definition) is 3. The molecule has 0 saturated carbocycles. The van der Waals surface area contributed by atoms with Crippen molar-refractivity contribution in [1.82, 2.24) is 0 Å². The van der Waals surface area contributed by atoms with Crippen LogP contribution in [0.3, 0.4) is 0 Å². The molecule has 4 nitrogen and oxygen atoms in total. The van der Waals surface area contributed by atoms with Crippen LogP contribution in [0.4, 0.5) is 0 Å². The molecule has 0 bridgehead atoms. The summed E-state index contributed by atoms with van der Waals surface area (Å²) in [4.78, 5) is 10.6. The molecule has 0 aliphatic carbocycles. The molecule has 1 rings (SSSR count). The Morgan fingerprint density at radius 3 is 2.27 bits per heavy atom. The van der Waals surface area contributed by atoms with Crippen molar-refractivity contribution in [2.45, 2.75) is 0 Å². The highest BCUT2D eigenvalue weighted by Gasteiger charge is 2.11. The molecule has 0 aromatic heterocycles. The Morgan fingerprint density at radius 2 is 1.87 bits per heavy atom. The Hall–Kier alpha value is -1.86. The highest BCUT2D eigenvalue weighted by Crippen LogP contribution is 2.27. The van der Waals surface area contributed by atoms with E-state index < -0.39 is 5.97 Å². The SMILES string of the molecule is O=C(O)c1cc(O)c(C#CCCl)c(O)c1. The first-order valence-electron chi connectivity index (χ1n) is 3.90. The predicted octanol–water partition coefficient (Wildman–Crippen LogP) is 1.39. The Bertz CT molecular complexity index is 433. The number of carbonyl (C=O) groups is 1. The second-order valence-corrected chi connectivity index (χ2v) is 2.90. The third kappa shape index (κ3) is 2.55. The normalized spacial score (nSPS) is 9.13. The van der Waals surface area contributed by atoms with E-state index in [4.69, 9.17) is 16.7 Å². The van der Waals surface area contributed by atoms with E-state index in [9.17, 15) is 15.0 Å². The van der Waals surface area contributed by atoms with Gasteiger partial charge in [0.15, 0.2) is 0 Å². The molecule has 15 heavy (non-hydrogen) atoms. The van der Waals surface area contributed by atoms with Gasteiger partial charge in [-0.25, -0.2) is 4.79 Å². The van der Waals surface area contributed by atoms with Gasteiger partial charge in [0.25, 0.3) is 0 Å². The summed E-state index contributed by atoms with van der Waals surface area (Å²) in [7, 11) is 0. The number of phenolic OH excluding ortho intramolecular Hbond substituents is 2. The smallest absolute Gasteiger partial charge is 0.335 e. The van der Waals surface area contributed by atoms with Gasteiger partial charge in [-0.3, -0.25) is 0 Å². The maximum atomic E-state index is 10.6. The van der Waals surface area contributed by atoms with E-state index in [1.54, 1.807) is 0 Å². The van der Waals surface area contributed by atoms with Crippen molar-refractivity contribution in [3.05, 3.63) is 23.3 Å². The fourth-order valence-electron chi connectivity index (χ4n) is 0.985. The van der Waals surface area contributed by atoms with Crippen LogP contribution in [0.2, 0.25) is 0 Å². The number of rotatable bonds is 1. The summed E-state index contributed by atoms with van der Waals surface area (Å²) in [6.45, 7) is 0. The molecule has 5 heteroatoms. The lowest BCUT2D eigenvalue weighted by atomic mass is 10.1. The van der Waals surface area contributed by atoms with Crippen LogP contribution in [-0.2, 0) is 0 Å². The van der Waals surface area contributed by atoms with Crippen LogP contribution in [0.15, 0.2) is 12.1 Å². The monoisotopic (exact) mass is 226 g/mol. The molecule has 0 heterocycles. The van der Waals surface area contributed by atoms with Crippen molar-refractivity contribution in [3.63, 3.8) is 0 Å². The van der Waals surface area contributed by atoms with Crippen molar-refractivity contribution < 1.29 is 20.1 Å². The van der Waals surface area contributed by atoms with Gasteiger partial charge in [-0.2, -0.15) is 0 Å². The number of hydrogen-bond donors (Lipinski definition) is 3. The number of benzene rings is 1. The lowest BCUT2D eigenvalue weighted by Crippen LogP contribution is -1.96. The molecule has 0 aliphatic rings. The van der Waals surface area contributed by atoms with E-state index in [2.05, 4.69) is 11.8 Å². The van der Waals surface area contributed by atoms with E-state index in [-0.39, 0.29) is 28.5 Å². The van der Waals surface area contributed by atoms with Gasteiger partial charge < -0.3 is 15.3 Å². The van der Waals surface area contributed by atoms with E-state index >= 15 is 0 Å². The number of carboxylic acids is 1. The fourth-order valence-corrected chi connectivity index (χ4v) is 1.05. The van der Waals surface area contributed by atoms with Crippen molar-refractivity contribution in [2.75, 3.05) is 5.88 Å². The fraction of sp³-hybridized carbons (Fsp3) is 0.100. The zero-order valence-corrected chi connectivity index (χ0v) is 8.25. The van der Waals surface area contributed by atoms with Crippen LogP contribution in [-0.4, -0.2) is 27.2 Å². The summed E-state index contributed by atoms with van der Waals surface area (Å²) in [6, 6.07) is 2.03. The van der Waals surface area contributed by atoms with Crippen LogP contribution in [0.25, 0.3) is 0 Å². The van der Waals surface area contributed by atoms with E-state index in [0.717, 1.165) is 12.1 Å². The molecule has 1 aromatic rings. The Labute approximate surface area is 90.7 Å². The topological polar surface area (TPSA) is 77.8 Å². The summed E-state index contributed by atoms with van der Waals surface area (Å²) >= 11 is 5.31. The number of alkyl halides is 1. The molecule has 78 valence electrons. The average molecular weight is 227 g/mol. The summed E-state index contributed by atoms with van der Waals surface area (Å²) in [5.41, 5.74) is -0.234. The molecule has 0 spiro atoms. The molecule has 0 aliphatic heterocycles. The Kier molecular flexibility index (Phi) is 3.42. The molecular weight excluding hydrogens is 220 g/mol. The van der Waals surface area contributed by atoms with Crippen LogP contribution >= 0.6 is 11.6 Å². The average Bonchev–Trinajstić information content (AvgIpc) is 2.16. The van der Waals surface area contributed by atoms with Crippen LogP contribution in [0, 0.1) is 11.8 Å². The lowest BCUT2D eigenvalue weighted by Gasteiger charge is -2.02. The maximum absolute atomic E-state index is 10.6. The number of aromatic carboxylic acids is 1.